The molecule has 1 saturated heterocycles. The van der Waals surface area contributed by atoms with Crippen LogP contribution in [0.1, 0.15) is 28.5 Å². The van der Waals surface area contributed by atoms with Crippen LogP contribution in [-0.4, -0.2) is 51.7 Å². The number of amides is 1. The van der Waals surface area contributed by atoms with Gasteiger partial charge in [-0.1, -0.05) is 43.3 Å². The molecule has 0 radical (unpaired) electrons. The average Bonchev–Trinajstić information content (AvgIpc) is 3.21. The SMILES string of the molecule is CCc1c(C(=O)N2CCN(c3cccc([N+](=O)[O-])c3)CC2)cnn1Cc1ccccc1. The van der Waals surface area contributed by atoms with Crippen LogP contribution in [0.2, 0.25) is 0 Å². The highest BCUT2D eigenvalue weighted by molar-refractivity contribution is 5.95. The molecule has 4 rings (SSSR count). The molecule has 1 aromatic heterocycles. The number of non-ortho nitro benzene ring substituents is 1. The van der Waals surface area contributed by atoms with Gasteiger partial charge in [-0.15, -0.1) is 0 Å². The third-order valence-electron chi connectivity index (χ3n) is 5.66. The number of nitro groups is 1. The topological polar surface area (TPSA) is 84.5 Å². The maximum atomic E-state index is 13.2. The van der Waals surface area contributed by atoms with Gasteiger partial charge in [0.25, 0.3) is 11.6 Å². The zero-order valence-electron chi connectivity index (χ0n) is 17.5. The van der Waals surface area contributed by atoms with Crippen LogP contribution in [0.5, 0.6) is 0 Å². The Bertz CT molecular complexity index is 1070. The van der Waals surface area contributed by atoms with E-state index in [1.807, 2.05) is 40.8 Å². The molecule has 1 amide bonds. The van der Waals surface area contributed by atoms with Gasteiger partial charge in [0, 0.05) is 44.0 Å². The fourth-order valence-corrected chi connectivity index (χ4v) is 4.00. The molecule has 0 bridgehead atoms. The van der Waals surface area contributed by atoms with Gasteiger partial charge in [-0.05, 0) is 18.1 Å². The second-order valence-corrected chi connectivity index (χ2v) is 7.56. The summed E-state index contributed by atoms with van der Waals surface area (Å²) in [6.45, 7) is 5.06. The minimum absolute atomic E-state index is 0.00476. The molecule has 1 aliphatic rings. The Kier molecular flexibility index (Phi) is 5.97. The summed E-state index contributed by atoms with van der Waals surface area (Å²) >= 11 is 0. The third kappa shape index (κ3) is 4.42. The molecule has 0 N–H and O–H groups in total. The van der Waals surface area contributed by atoms with E-state index in [1.165, 1.54) is 6.07 Å². The first-order valence-electron chi connectivity index (χ1n) is 10.4. The molecule has 1 fully saturated rings. The van der Waals surface area contributed by atoms with Crippen molar-refractivity contribution >= 4 is 17.3 Å². The van der Waals surface area contributed by atoms with Crippen molar-refractivity contribution in [1.29, 1.82) is 0 Å². The Labute approximate surface area is 180 Å². The quantitative estimate of drug-likeness (QED) is 0.452. The van der Waals surface area contributed by atoms with E-state index in [0.717, 1.165) is 23.4 Å². The molecule has 8 nitrogen and oxygen atoms in total. The summed E-state index contributed by atoms with van der Waals surface area (Å²) in [5.41, 5.74) is 3.63. The smallest absolute Gasteiger partial charge is 0.271 e. The van der Waals surface area contributed by atoms with E-state index in [-0.39, 0.29) is 16.5 Å². The van der Waals surface area contributed by atoms with E-state index in [4.69, 9.17) is 0 Å². The lowest BCUT2D eigenvalue weighted by Crippen LogP contribution is -2.49. The van der Waals surface area contributed by atoms with Crippen LogP contribution in [0.15, 0.2) is 60.8 Å². The fraction of sp³-hybridized carbons (Fsp3) is 0.304. The number of hydrogen-bond acceptors (Lipinski definition) is 5. The molecule has 1 aliphatic heterocycles. The van der Waals surface area contributed by atoms with Gasteiger partial charge >= 0.3 is 0 Å². The van der Waals surface area contributed by atoms with Crippen molar-refractivity contribution in [2.45, 2.75) is 19.9 Å². The van der Waals surface area contributed by atoms with Crippen molar-refractivity contribution in [1.82, 2.24) is 14.7 Å². The molecule has 31 heavy (non-hydrogen) atoms. The molecule has 160 valence electrons. The van der Waals surface area contributed by atoms with Crippen LogP contribution in [-0.2, 0) is 13.0 Å². The first kappa shape index (κ1) is 20.6. The van der Waals surface area contributed by atoms with Crippen molar-refractivity contribution in [3.63, 3.8) is 0 Å². The van der Waals surface area contributed by atoms with Gasteiger partial charge in [0.05, 0.1) is 28.9 Å². The minimum atomic E-state index is -0.386. The molecule has 0 atom stereocenters. The zero-order valence-corrected chi connectivity index (χ0v) is 17.5. The predicted molar refractivity (Wildman–Crippen MR) is 118 cm³/mol. The summed E-state index contributed by atoms with van der Waals surface area (Å²) in [5, 5.41) is 15.5. The van der Waals surface area contributed by atoms with E-state index >= 15 is 0 Å². The van der Waals surface area contributed by atoms with Gasteiger partial charge in [0.1, 0.15) is 0 Å². The number of nitrogens with zero attached hydrogens (tertiary/aromatic N) is 5. The summed E-state index contributed by atoms with van der Waals surface area (Å²) < 4.78 is 1.90. The average molecular weight is 419 g/mol. The molecule has 0 spiro atoms. The lowest BCUT2D eigenvalue weighted by Gasteiger charge is -2.36. The summed E-state index contributed by atoms with van der Waals surface area (Å²) in [6, 6.07) is 16.7. The van der Waals surface area contributed by atoms with Crippen LogP contribution in [0.4, 0.5) is 11.4 Å². The number of nitro benzene ring substituents is 1. The summed E-state index contributed by atoms with van der Waals surface area (Å²) in [4.78, 5) is 27.8. The highest BCUT2D eigenvalue weighted by Crippen LogP contribution is 2.23. The molecule has 2 heterocycles. The Morgan fingerprint density at radius 1 is 1.06 bits per heavy atom. The molecule has 2 aromatic carbocycles. The molecule has 8 heteroatoms. The number of anilines is 1. The second-order valence-electron chi connectivity index (χ2n) is 7.56. The van der Waals surface area contributed by atoms with Gasteiger partial charge < -0.3 is 9.80 Å². The zero-order chi connectivity index (χ0) is 21.8. The van der Waals surface area contributed by atoms with Gasteiger partial charge in [-0.2, -0.15) is 5.10 Å². The Balaban J connectivity index is 1.44. The predicted octanol–water partition coefficient (Wildman–Crippen LogP) is 3.36. The monoisotopic (exact) mass is 419 g/mol. The number of aromatic nitrogens is 2. The van der Waals surface area contributed by atoms with Crippen LogP contribution < -0.4 is 4.90 Å². The number of rotatable bonds is 6. The van der Waals surface area contributed by atoms with Crippen molar-refractivity contribution in [2.75, 3.05) is 31.1 Å². The molecule has 0 unspecified atom stereocenters. The van der Waals surface area contributed by atoms with E-state index in [0.29, 0.717) is 38.3 Å². The molecular weight excluding hydrogens is 394 g/mol. The fourth-order valence-electron chi connectivity index (χ4n) is 4.00. The van der Waals surface area contributed by atoms with Crippen LogP contribution in [0, 0.1) is 10.1 Å². The van der Waals surface area contributed by atoms with Crippen molar-refractivity contribution in [3.05, 3.63) is 87.7 Å². The molecular formula is C23H25N5O3. The lowest BCUT2D eigenvalue weighted by atomic mass is 10.1. The van der Waals surface area contributed by atoms with E-state index in [9.17, 15) is 14.9 Å². The van der Waals surface area contributed by atoms with Crippen LogP contribution >= 0.6 is 0 Å². The first-order chi connectivity index (χ1) is 15.1. The maximum absolute atomic E-state index is 13.2. The first-order valence-corrected chi connectivity index (χ1v) is 10.4. The highest BCUT2D eigenvalue weighted by Gasteiger charge is 2.26. The summed E-state index contributed by atoms with van der Waals surface area (Å²) in [5.74, 6) is -0.00476. The van der Waals surface area contributed by atoms with E-state index < -0.39 is 0 Å². The van der Waals surface area contributed by atoms with Crippen LogP contribution in [0.25, 0.3) is 0 Å². The summed E-state index contributed by atoms with van der Waals surface area (Å²) in [7, 11) is 0. The largest absolute Gasteiger partial charge is 0.368 e. The molecule has 0 aliphatic carbocycles. The number of piperazine rings is 1. The van der Waals surface area contributed by atoms with E-state index in [2.05, 4.69) is 22.1 Å². The number of carbonyl (C=O) groups is 1. The highest BCUT2D eigenvalue weighted by atomic mass is 16.6. The number of hydrogen-bond donors (Lipinski definition) is 0. The van der Waals surface area contributed by atoms with Gasteiger partial charge in [0.2, 0.25) is 0 Å². The van der Waals surface area contributed by atoms with E-state index in [1.54, 1.807) is 18.3 Å². The Hall–Kier alpha value is -3.68. The lowest BCUT2D eigenvalue weighted by molar-refractivity contribution is -0.384. The molecule has 3 aromatic rings. The normalized spacial score (nSPS) is 14.0. The van der Waals surface area contributed by atoms with Gasteiger partial charge in [0.15, 0.2) is 0 Å². The van der Waals surface area contributed by atoms with Crippen LogP contribution in [0.3, 0.4) is 0 Å². The Morgan fingerprint density at radius 3 is 2.48 bits per heavy atom. The van der Waals surface area contributed by atoms with Gasteiger partial charge in [-0.25, -0.2) is 0 Å². The van der Waals surface area contributed by atoms with Crippen molar-refractivity contribution in [2.24, 2.45) is 0 Å². The second kappa shape index (κ2) is 8.99. The van der Waals surface area contributed by atoms with Crippen molar-refractivity contribution < 1.29 is 9.72 Å². The standard InChI is InChI=1S/C23H25N5O3/c1-2-22-21(16-24-27(22)17-18-7-4-3-5-8-18)23(29)26-13-11-25(12-14-26)19-9-6-10-20(15-19)28(30)31/h3-10,15-16H,2,11-14,17H2,1H3. The van der Waals surface area contributed by atoms with Gasteiger partial charge in [-0.3, -0.25) is 19.6 Å². The number of carbonyl (C=O) groups excluding carboxylic acids is 1. The summed E-state index contributed by atoms with van der Waals surface area (Å²) in [6.07, 6.45) is 2.40. The third-order valence-corrected chi connectivity index (χ3v) is 5.66. The molecule has 0 saturated carbocycles. The minimum Gasteiger partial charge on any atom is -0.368 e. The van der Waals surface area contributed by atoms with Crippen molar-refractivity contribution in [3.8, 4) is 0 Å². The maximum Gasteiger partial charge on any atom is 0.271 e. The number of benzene rings is 2. The Morgan fingerprint density at radius 2 is 1.81 bits per heavy atom.